The molecule has 0 radical (unpaired) electrons. The van der Waals surface area contributed by atoms with Gasteiger partial charge in [-0.25, -0.2) is 4.79 Å². The Morgan fingerprint density at radius 3 is 2.60 bits per heavy atom. The molecule has 5 nitrogen and oxygen atoms in total. The molecular formula is C10H9N3O2. The number of amides is 2. The number of carbonyl (C=O) groups excluding carboxylic acids is 2. The number of nitrogens with one attached hydrogen (secondary N) is 1. The molecule has 0 heterocycles. The lowest BCUT2D eigenvalue weighted by atomic mass is 10.1. The summed E-state index contributed by atoms with van der Waals surface area (Å²) in [5.74, 6) is -0.146. The Labute approximate surface area is 86.5 Å². The number of ketones is 1. The van der Waals surface area contributed by atoms with Crippen LogP contribution in [0, 0.1) is 11.3 Å². The van der Waals surface area contributed by atoms with E-state index in [9.17, 15) is 9.59 Å². The van der Waals surface area contributed by atoms with Gasteiger partial charge in [-0.15, -0.1) is 0 Å². The molecule has 0 aliphatic rings. The van der Waals surface area contributed by atoms with Crippen molar-refractivity contribution in [3.8, 4) is 6.07 Å². The summed E-state index contributed by atoms with van der Waals surface area (Å²) in [4.78, 5) is 21.7. The van der Waals surface area contributed by atoms with Crippen LogP contribution >= 0.6 is 0 Å². The number of benzene rings is 1. The average molecular weight is 203 g/mol. The highest BCUT2D eigenvalue weighted by molar-refractivity contribution is 5.97. The molecule has 3 N–H and O–H groups in total. The fourth-order valence-electron chi connectivity index (χ4n) is 1.10. The largest absolute Gasteiger partial charge is 0.351 e. The first-order valence-corrected chi connectivity index (χ1v) is 4.16. The van der Waals surface area contributed by atoms with Gasteiger partial charge in [-0.3, -0.25) is 4.79 Å². The minimum Gasteiger partial charge on any atom is -0.351 e. The van der Waals surface area contributed by atoms with Gasteiger partial charge in [0.2, 0.25) is 0 Å². The second-order valence-electron chi connectivity index (χ2n) is 2.92. The van der Waals surface area contributed by atoms with Gasteiger partial charge in [0, 0.05) is 5.56 Å². The highest BCUT2D eigenvalue weighted by Crippen LogP contribution is 2.17. The van der Waals surface area contributed by atoms with Gasteiger partial charge in [0.15, 0.2) is 5.78 Å². The van der Waals surface area contributed by atoms with E-state index in [-0.39, 0.29) is 17.0 Å². The number of hydrogen-bond acceptors (Lipinski definition) is 3. The van der Waals surface area contributed by atoms with E-state index >= 15 is 0 Å². The first-order chi connectivity index (χ1) is 7.04. The van der Waals surface area contributed by atoms with Crippen molar-refractivity contribution in [3.63, 3.8) is 0 Å². The molecule has 15 heavy (non-hydrogen) atoms. The van der Waals surface area contributed by atoms with Gasteiger partial charge >= 0.3 is 6.03 Å². The number of carbonyl (C=O) groups is 2. The molecule has 0 saturated carbocycles. The molecule has 0 aliphatic carbocycles. The van der Waals surface area contributed by atoms with Crippen LogP contribution in [-0.4, -0.2) is 11.8 Å². The molecule has 1 rings (SSSR count). The first kappa shape index (κ1) is 10.7. The maximum Gasteiger partial charge on any atom is 0.316 e. The Morgan fingerprint density at radius 1 is 1.47 bits per heavy atom. The molecule has 0 bridgehead atoms. The maximum absolute atomic E-state index is 11.1. The van der Waals surface area contributed by atoms with Crippen LogP contribution < -0.4 is 11.1 Å². The molecule has 1 aromatic carbocycles. The van der Waals surface area contributed by atoms with Gasteiger partial charge in [0.25, 0.3) is 0 Å². The smallest absolute Gasteiger partial charge is 0.316 e. The van der Waals surface area contributed by atoms with Crippen molar-refractivity contribution < 1.29 is 9.59 Å². The van der Waals surface area contributed by atoms with E-state index < -0.39 is 6.03 Å². The minimum absolute atomic E-state index is 0.146. The van der Waals surface area contributed by atoms with Gasteiger partial charge in [0.05, 0.1) is 11.3 Å². The summed E-state index contributed by atoms with van der Waals surface area (Å²) in [5.41, 5.74) is 5.86. The Morgan fingerprint density at radius 2 is 2.13 bits per heavy atom. The molecule has 0 aromatic heterocycles. The fraction of sp³-hybridized carbons (Fsp3) is 0.100. The van der Waals surface area contributed by atoms with E-state index in [1.807, 2.05) is 6.07 Å². The van der Waals surface area contributed by atoms with Gasteiger partial charge < -0.3 is 11.1 Å². The average Bonchev–Trinajstić information content (AvgIpc) is 2.16. The summed E-state index contributed by atoms with van der Waals surface area (Å²) in [6, 6.07) is 5.52. The standard InChI is InChI=1S/C10H9N3O2/c1-6(14)7-2-3-8(5-11)9(4-7)13-10(12)15/h2-4H,1H3,(H3,12,13,15). The molecule has 0 aliphatic heterocycles. The third-order valence-electron chi connectivity index (χ3n) is 1.80. The summed E-state index contributed by atoms with van der Waals surface area (Å²) in [6.45, 7) is 1.40. The van der Waals surface area contributed by atoms with E-state index in [0.29, 0.717) is 5.56 Å². The molecule has 2 amide bonds. The second kappa shape index (κ2) is 4.24. The van der Waals surface area contributed by atoms with Gasteiger partial charge in [0.1, 0.15) is 6.07 Å². The molecule has 5 heteroatoms. The lowest BCUT2D eigenvalue weighted by Gasteiger charge is -2.05. The van der Waals surface area contributed by atoms with Crippen LogP contribution in [-0.2, 0) is 0 Å². The number of primary amides is 1. The third kappa shape index (κ3) is 2.54. The van der Waals surface area contributed by atoms with Crippen LogP contribution in [0.15, 0.2) is 18.2 Å². The molecular weight excluding hydrogens is 194 g/mol. The molecule has 0 fully saturated rings. The topological polar surface area (TPSA) is 96.0 Å². The first-order valence-electron chi connectivity index (χ1n) is 4.16. The lowest BCUT2D eigenvalue weighted by Crippen LogP contribution is -2.20. The van der Waals surface area contributed by atoms with Gasteiger partial charge in [-0.1, -0.05) is 0 Å². The molecule has 0 unspecified atom stereocenters. The summed E-state index contributed by atoms with van der Waals surface area (Å²) >= 11 is 0. The van der Waals surface area contributed by atoms with Crippen LogP contribution in [0.2, 0.25) is 0 Å². The van der Waals surface area contributed by atoms with E-state index in [4.69, 9.17) is 11.0 Å². The third-order valence-corrected chi connectivity index (χ3v) is 1.80. The quantitative estimate of drug-likeness (QED) is 0.708. The Kier molecular flexibility index (Phi) is 3.03. The monoisotopic (exact) mass is 203 g/mol. The highest BCUT2D eigenvalue weighted by Gasteiger charge is 2.07. The number of urea groups is 1. The summed E-state index contributed by atoms with van der Waals surface area (Å²) in [7, 11) is 0. The fourth-order valence-corrected chi connectivity index (χ4v) is 1.10. The number of nitrogens with two attached hydrogens (primary N) is 1. The van der Waals surface area contributed by atoms with E-state index in [1.165, 1.54) is 25.1 Å². The van der Waals surface area contributed by atoms with Gasteiger partial charge in [-0.05, 0) is 25.1 Å². The second-order valence-corrected chi connectivity index (χ2v) is 2.92. The van der Waals surface area contributed by atoms with Crippen molar-refractivity contribution in [1.82, 2.24) is 0 Å². The Hall–Kier alpha value is -2.35. The number of hydrogen-bond donors (Lipinski definition) is 2. The van der Waals surface area contributed by atoms with Crippen molar-refractivity contribution in [3.05, 3.63) is 29.3 Å². The van der Waals surface area contributed by atoms with Crippen molar-refractivity contribution in [1.29, 1.82) is 5.26 Å². The Bertz CT molecular complexity index is 460. The molecule has 0 atom stereocenters. The number of Topliss-reactive ketones (excluding diaryl/α,β-unsaturated/α-hetero) is 1. The van der Waals surface area contributed by atoms with E-state index in [0.717, 1.165) is 0 Å². The van der Waals surface area contributed by atoms with Crippen LogP contribution in [0.5, 0.6) is 0 Å². The number of nitriles is 1. The summed E-state index contributed by atoms with van der Waals surface area (Å²) in [6.07, 6.45) is 0. The zero-order valence-corrected chi connectivity index (χ0v) is 8.07. The normalized spacial score (nSPS) is 9.07. The lowest BCUT2D eigenvalue weighted by molar-refractivity contribution is 0.101. The number of anilines is 1. The molecule has 76 valence electrons. The van der Waals surface area contributed by atoms with Crippen LogP contribution in [0.3, 0.4) is 0 Å². The van der Waals surface area contributed by atoms with Crippen molar-refractivity contribution in [2.45, 2.75) is 6.92 Å². The zero-order valence-electron chi connectivity index (χ0n) is 8.07. The summed E-state index contributed by atoms with van der Waals surface area (Å²) in [5, 5.41) is 11.0. The number of rotatable bonds is 2. The van der Waals surface area contributed by atoms with Crippen LogP contribution in [0.4, 0.5) is 10.5 Å². The SMILES string of the molecule is CC(=O)c1ccc(C#N)c(NC(N)=O)c1. The summed E-state index contributed by atoms with van der Waals surface area (Å²) < 4.78 is 0. The maximum atomic E-state index is 11.1. The van der Waals surface area contributed by atoms with Crippen LogP contribution in [0.25, 0.3) is 0 Å². The highest BCUT2D eigenvalue weighted by atomic mass is 16.2. The minimum atomic E-state index is -0.771. The van der Waals surface area contributed by atoms with E-state index in [2.05, 4.69) is 5.32 Å². The zero-order chi connectivity index (χ0) is 11.4. The predicted molar refractivity (Wildman–Crippen MR) is 54.4 cm³/mol. The molecule has 0 spiro atoms. The van der Waals surface area contributed by atoms with Crippen molar-refractivity contribution in [2.24, 2.45) is 5.73 Å². The molecule has 0 saturated heterocycles. The Balaban J connectivity index is 3.20. The van der Waals surface area contributed by atoms with E-state index in [1.54, 1.807) is 0 Å². The number of nitrogens with zero attached hydrogens (tertiary/aromatic N) is 1. The van der Waals surface area contributed by atoms with Crippen LogP contribution in [0.1, 0.15) is 22.8 Å². The van der Waals surface area contributed by atoms with Crippen molar-refractivity contribution >= 4 is 17.5 Å². The van der Waals surface area contributed by atoms with Crippen molar-refractivity contribution in [2.75, 3.05) is 5.32 Å². The predicted octanol–water partition coefficient (Wildman–Crippen LogP) is 1.25. The molecule has 1 aromatic rings. The van der Waals surface area contributed by atoms with Gasteiger partial charge in [-0.2, -0.15) is 5.26 Å².